The van der Waals surface area contributed by atoms with Crippen molar-refractivity contribution in [2.45, 2.75) is 39.7 Å². The van der Waals surface area contributed by atoms with E-state index in [1.807, 2.05) is 19.9 Å². The van der Waals surface area contributed by atoms with Crippen LogP contribution in [0.15, 0.2) is 35.9 Å². The Hall–Kier alpha value is -2.12. The summed E-state index contributed by atoms with van der Waals surface area (Å²) in [5.74, 6) is 0.388. The molecular weight excluding hydrogens is 312 g/mol. The fourth-order valence-electron chi connectivity index (χ4n) is 3.34. The van der Waals surface area contributed by atoms with Crippen LogP contribution < -0.4 is 0 Å². The number of hydrogen-bond donors (Lipinski definition) is 0. The van der Waals surface area contributed by atoms with Crippen molar-refractivity contribution in [3.8, 4) is 6.07 Å². The van der Waals surface area contributed by atoms with Crippen molar-refractivity contribution in [1.82, 2.24) is 4.90 Å². The number of carbonyl (C=O) groups is 1. The number of carbonyl (C=O) groups excluding carboxylic acids is 1. The Kier molecular flexibility index (Phi) is 6.78. The Morgan fingerprint density at radius 1 is 1.40 bits per heavy atom. The molecule has 0 N–H and O–H groups in total. The molecule has 4 nitrogen and oxygen atoms in total. The molecule has 0 bridgehead atoms. The van der Waals surface area contributed by atoms with E-state index in [0.717, 1.165) is 12.8 Å². The molecule has 134 valence electrons. The van der Waals surface area contributed by atoms with E-state index in [1.54, 1.807) is 18.1 Å². The van der Waals surface area contributed by atoms with Crippen molar-refractivity contribution >= 4 is 5.91 Å². The second-order valence-electron chi connectivity index (χ2n) is 7.20. The molecule has 1 fully saturated rings. The first-order chi connectivity index (χ1) is 11.9. The average Bonchev–Trinajstić information content (AvgIpc) is 2.61. The van der Waals surface area contributed by atoms with Crippen LogP contribution in [-0.2, 0) is 16.0 Å². The lowest BCUT2D eigenvalue weighted by molar-refractivity contribution is -0.132. The molecule has 1 heterocycles. The molecule has 0 aliphatic carbocycles. The highest BCUT2D eigenvalue weighted by Gasteiger charge is 2.32. The molecule has 1 aromatic carbocycles. The van der Waals surface area contributed by atoms with Gasteiger partial charge in [0.05, 0.1) is 6.10 Å². The van der Waals surface area contributed by atoms with E-state index < -0.39 is 0 Å². The zero-order valence-electron chi connectivity index (χ0n) is 15.7. The van der Waals surface area contributed by atoms with Crippen LogP contribution >= 0.6 is 0 Å². The lowest BCUT2D eigenvalue weighted by atomic mass is 9.87. The molecule has 0 aromatic heterocycles. The van der Waals surface area contributed by atoms with Gasteiger partial charge < -0.3 is 9.64 Å². The highest BCUT2D eigenvalue weighted by Crippen LogP contribution is 2.25. The summed E-state index contributed by atoms with van der Waals surface area (Å²) in [6, 6.07) is 10.6. The quantitative estimate of drug-likeness (QED) is 0.609. The Morgan fingerprint density at radius 3 is 2.64 bits per heavy atom. The number of ether oxygens (including phenoxy) is 1. The van der Waals surface area contributed by atoms with Gasteiger partial charge in [-0.05, 0) is 37.2 Å². The number of benzene rings is 1. The summed E-state index contributed by atoms with van der Waals surface area (Å²) in [4.78, 5) is 14.4. The molecule has 1 aliphatic heterocycles. The minimum absolute atomic E-state index is 0.00186. The van der Waals surface area contributed by atoms with Crippen LogP contribution in [0.5, 0.6) is 0 Å². The summed E-state index contributed by atoms with van der Waals surface area (Å²) in [6.45, 7) is 7.24. The first kappa shape index (κ1) is 19.2. The van der Waals surface area contributed by atoms with Gasteiger partial charge in [-0.3, -0.25) is 4.79 Å². The standard InChI is InChI=1S/C21H28N2O2/c1-15(2)11-19(13-22)21(24)23-10-9-18(20(14-23)25-4)12-17-7-5-16(3)6-8-17/h5-8,11,15,18,20H,9-10,12,14H2,1-4H3/b19-11+/t18-,20+/m1/s1. The SMILES string of the molecule is CO[C@H]1CN(C(=O)/C(C#N)=C/C(C)C)CC[C@@H]1Cc1ccc(C)cc1. The molecule has 25 heavy (non-hydrogen) atoms. The van der Waals surface area contributed by atoms with Gasteiger partial charge >= 0.3 is 0 Å². The van der Waals surface area contributed by atoms with E-state index in [0.29, 0.717) is 19.0 Å². The number of aryl methyl sites for hydroxylation is 1. The lowest BCUT2D eigenvalue weighted by Gasteiger charge is -2.38. The monoisotopic (exact) mass is 340 g/mol. The van der Waals surface area contributed by atoms with Crippen molar-refractivity contribution in [2.24, 2.45) is 11.8 Å². The van der Waals surface area contributed by atoms with Crippen LogP contribution in [0, 0.1) is 30.1 Å². The fraction of sp³-hybridized carbons (Fsp3) is 0.524. The predicted octanol–water partition coefficient (Wildman–Crippen LogP) is 3.51. The number of amides is 1. The molecule has 0 unspecified atom stereocenters. The molecular formula is C21H28N2O2. The number of nitriles is 1. The third-order valence-corrected chi connectivity index (χ3v) is 4.76. The van der Waals surface area contributed by atoms with Gasteiger partial charge in [-0.15, -0.1) is 0 Å². The normalized spacial score (nSPS) is 21.3. The smallest absolute Gasteiger partial charge is 0.264 e. The van der Waals surface area contributed by atoms with E-state index in [2.05, 4.69) is 31.2 Å². The van der Waals surface area contributed by atoms with Gasteiger partial charge in [0.1, 0.15) is 11.6 Å². The summed E-state index contributed by atoms with van der Waals surface area (Å²) >= 11 is 0. The van der Waals surface area contributed by atoms with Crippen LogP contribution in [0.2, 0.25) is 0 Å². The molecule has 2 rings (SSSR count). The van der Waals surface area contributed by atoms with Crippen molar-refractivity contribution in [2.75, 3.05) is 20.2 Å². The number of allylic oxidation sites excluding steroid dienone is 1. The van der Waals surface area contributed by atoms with Gasteiger partial charge in [-0.1, -0.05) is 49.8 Å². The molecule has 0 radical (unpaired) electrons. The van der Waals surface area contributed by atoms with Gasteiger partial charge in [0.25, 0.3) is 5.91 Å². The lowest BCUT2D eigenvalue weighted by Crippen LogP contribution is -2.48. The first-order valence-electron chi connectivity index (χ1n) is 8.94. The maximum atomic E-state index is 12.6. The van der Waals surface area contributed by atoms with E-state index in [4.69, 9.17) is 4.74 Å². The Morgan fingerprint density at radius 2 is 2.08 bits per heavy atom. The predicted molar refractivity (Wildman–Crippen MR) is 98.9 cm³/mol. The van der Waals surface area contributed by atoms with Crippen molar-refractivity contribution < 1.29 is 9.53 Å². The summed E-state index contributed by atoms with van der Waals surface area (Å²) in [5.41, 5.74) is 2.80. The highest BCUT2D eigenvalue weighted by atomic mass is 16.5. The second-order valence-corrected chi connectivity index (χ2v) is 7.20. The number of piperidine rings is 1. The summed E-state index contributed by atoms with van der Waals surface area (Å²) in [7, 11) is 1.70. The van der Waals surface area contributed by atoms with Crippen LogP contribution in [0.4, 0.5) is 0 Å². The van der Waals surface area contributed by atoms with E-state index in [1.165, 1.54) is 11.1 Å². The Bertz CT molecular complexity index is 655. The molecule has 1 amide bonds. The summed E-state index contributed by atoms with van der Waals surface area (Å²) < 4.78 is 5.68. The van der Waals surface area contributed by atoms with E-state index in [9.17, 15) is 10.1 Å². The number of nitrogens with zero attached hydrogens (tertiary/aromatic N) is 2. The molecule has 0 spiro atoms. The first-order valence-corrected chi connectivity index (χ1v) is 8.94. The summed E-state index contributed by atoms with van der Waals surface area (Å²) in [5, 5.41) is 9.27. The minimum atomic E-state index is -0.174. The fourth-order valence-corrected chi connectivity index (χ4v) is 3.34. The Labute approximate surface area is 151 Å². The molecule has 4 heteroatoms. The minimum Gasteiger partial charge on any atom is -0.379 e. The second kappa shape index (κ2) is 8.82. The van der Waals surface area contributed by atoms with Crippen molar-refractivity contribution in [1.29, 1.82) is 5.26 Å². The third kappa shape index (κ3) is 5.17. The zero-order valence-corrected chi connectivity index (χ0v) is 15.7. The maximum absolute atomic E-state index is 12.6. The highest BCUT2D eigenvalue weighted by molar-refractivity contribution is 5.97. The molecule has 1 aliphatic rings. The Balaban J connectivity index is 2.04. The zero-order chi connectivity index (χ0) is 18.4. The number of hydrogen-bond acceptors (Lipinski definition) is 3. The van der Waals surface area contributed by atoms with E-state index in [-0.39, 0.29) is 23.5 Å². The maximum Gasteiger partial charge on any atom is 0.264 e. The van der Waals surface area contributed by atoms with Crippen LogP contribution in [0.25, 0.3) is 0 Å². The number of rotatable bonds is 5. The summed E-state index contributed by atoms with van der Waals surface area (Å²) in [6.07, 6.45) is 3.58. The third-order valence-electron chi connectivity index (χ3n) is 4.76. The average molecular weight is 340 g/mol. The van der Waals surface area contributed by atoms with Gasteiger partial charge in [0.2, 0.25) is 0 Å². The van der Waals surface area contributed by atoms with Gasteiger partial charge in [0, 0.05) is 20.2 Å². The topological polar surface area (TPSA) is 53.3 Å². The van der Waals surface area contributed by atoms with Gasteiger partial charge in [0.15, 0.2) is 0 Å². The largest absolute Gasteiger partial charge is 0.379 e. The number of likely N-dealkylation sites (tertiary alicyclic amines) is 1. The van der Waals surface area contributed by atoms with E-state index >= 15 is 0 Å². The van der Waals surface area contributed by atoms with Crippen molar-refractivity contribution in [3.05, 3.63) is 47.0 Å². The van der Waals surface area contributed by atoms with Crippen molar-refractivity contribution in [3.63, 3.8) is 0 Å². The van der Waals surface area contributed by atoms with Crippen LogP contribution in [0.1, 0.15) is 31.4 Å². The molecule has 0 saturated carbocycles. The van der Waals surface area contributed by atoms with Gasteiger partial charge in [-0.2, -0.15) is 5.26 Å². The molecule has 1 saturated heterocycles. The van der Waals surface area contributed by atoms with Crippen LogP contribution in [-0.4, -0.2) is 37.1 Å². The number of methoxy groups -OCH3 is 1. The molecule has 2 atom stereocenters. The molecule has 1 aromatic rings. The van der Waals surface area contributed by atoms with Gasteiger partial charge in [-0.25, -0.2) is 0 Å². The van der Waals surface area contributed by atoms with Crippen LogP contribution in [0.3, 0.4) is 0 Å².